The number of piperidine rings is 1. The molecule has 1 saturated heterocycles. The van der Waals surface area contributed by atoms with E-state index in [0.29, 0.717) is 13.0 Å². The summed E-state index contributed by atoms with van der Waals surface area (Å²) in [5.41, 5.74) is 1.11. The van der Waals surface area contributed by atoms with Crippen molar-refractivity contribution in [3.63, 3.8) is 0 Å². The van der Waals surface area contributed by atoms with E-state index < -0.39 is 0 Å². The summed E-state index contributed by atoms with van der Waals surface area (Å²) in [6, 6.07) is 7.12. The summed E-state index contributed by atoms with van der Waals surface area (Å²) < 4.78 is 0. The van der Waals surface area contributed by atoms with Crippen LogP contribution in [0.1, 0.15) is 31.2 Å². The predicted octanol–water partition coefficient (Wildman–Crippen LogP) is 1.88. The number of benzene rings is 1. The van der Waals surface area contributed by atoms with Crippen LogP contribution < -0.4 is 5.32 Å². The highest BCUT2D eigenvalue weighted by atomic mass is 16.3. The van der Waals surface area contributed by atoms with Gasteiger partial charge in [-0.05, 0) is 37.0 Å². The van der Waals surface area contributed by atoms with Crippen molar-refractivity contribution in [1.82, 2.24) is 10.2 Å². The molecule has 1 aromatic rings. The van der Waals surface area contributed by atoms with Crippen LogP contribution in [0.25, 0.3) is 0 Å². The van der Waals surface area contributed by atoms with E-state index in [9.17, 15) is 9.90 Å². The van der Waals surface area contributed by atoms with Gasteiger partial charge < -0.3 is 15.3 Å². The third kappa shape index (κ3) is 4.56. The summed E-state index contributed by atoms with van der Waals surface area (Å²) in [5.74, 6) is 0.543. The zero-order valence-corrected chi connectivity index (χ0v) is 11.3. The van der Waals surface area contributed by atoms with Crippen molar-refractivity contribution >= 4 is 5.91 Å². The van der Waals surface area contributed by atoms with Crippen molar-refractivity contribution in [3.8, 4) is 5.75 Å². The molecule has 0 bridgehead atoms. The zero-order chi connectivity index (χ0) is 13.5. The third-order valence-electron chi connectivity index (χ3n) is 3.49. The molecule has 0 spiro atoms. The lowest BCUT2D eigenvalue weighted by Crippen LogP contribution is -2.37. The van der Waals surface area contributed by atoms with Crippen LogP contribution in [0, 0.1) is 0 Å². The van der Waals surface area contributed by atoms with Gasteiger partial charge in [0.1, 0.15) is 5.75 Å². The number of nitrogens with one attached hydrogen (secondary N) is 1. The Morgan fingerprint density at radius 1 is 1.16 bits per heavy atom. The van der Waals surface area contributed by atoms with Crippen LogP contribution in [0.4, 0.5) is 0 Å². The molecule has 4 nitrogen and oxygen atoms in total. The molecule has 0 aromatic heterocycles. The van der Waals surface area contributed by atoms with Crippen LogP contribution in [0.15, 0.2) is 24.3 Å². The molecule has 1 amide bonds. The van der Waals surface area contributed by atoms with Crippen LogP contribution >= 0.6 is 0 Å². The number of carbonyl (C=O) groups is 1. The van der Waals surface area contributed by atoms with E-state index in [4.69, 9.17) is 0 Å². The smallest absolute Gasteiger partial charge is 0.223 e. The quantitative estimate of drug-likeness (QED) is 0.797. The molecular formula is C15H22N2O2. The molecule has 2 rings (SSSR count). The second kappa shape index (κ2) is 7.14. The highest BCUT2D eigenvalue weighted by Gasteiger charge is 2.15. The van der Waals surface area contributed by atoms with Crippen LogP contribution in [-0.2, 0) is 11.3 Å². The van der Waals surface area contributed by atoms with Gasteiger partial charge in [-0.15, -0.1) is 0 Å². The third-order valence-corrected chi connectivity index (χ3v) is 3.49. The van der Waals surface area contributed by atoms with E-state index in [0.717, 1.165) is 38.0 Å². The van der Waals surface area contributed by atoms with Crippen LogP contribution in [-0.4, -0.2) is 35.5 Å². The number of hydrogen-bond donors (Lipinski definition) is 2. The first kappa shape index (κ1) is 13.9. The van der Waals surface area contributed by atoms with Gasteiger partial charge in [-0.1, -0.05) is 12.1 Å². The number of aromatic hydroxyl groups is 1. The number of carbonyl (C=O) groups excluding carboxylic acids is 1. The van der Waals surface area contributed by atoms with Gasteiger partial charge in [-0.25, -0.2) is 0 Å². The molecule has 1 aliphatic rings. The Balaban J connectivity index is 1.63. The molecule has 104 valence electrons. The van der Waals surface area contributed by atoms with Crippen molar-refractivity contribution in [2.45, 2.75) is 32.2 Å². The number of rotatable bonds is 5. The second-order valence-corrected chi connectivity index (χ2v) is 5.03. The van der Waals surface area contributed by atoms with Gasteiger partial charge in [0.25, 0.3) is 0 Å². The van der Waals surface area contributed by atoms with Crippen molar-refractivity contribution in [1.29, 1.82) is 0 Å². The number of phenols is 1. The highest BCUT2D eigenvalue weighted by Crippen LogP contribution is 2.10. The lowest BCUT2D eigenvalue weighted by molar-refractivity contribution is -0.131. The van der Waals surface area contributed by atoms with Gasteiger partial charge in [0.2, 0.25) is 5.91 Å². The fourth-order valence-electron chi connectivity index (χ4n) is 2.34. The summed E-state index contributed by atoms with van der Waals surface area (Å²) in [4.78, 5) is 13.9. The summed E-state index contributed by atoms with van der Waals surface area (Å²) in [5, 5.41) is 12.4. The van der Waals surface area contributed by atoms with Crippen LogP contribution in [0.5, 0.6) is 5.75 Å². The summed E-state index contributed by atoms with van der Waals surface area (Å²) in [6.07, 6.45) is 4.11. The molecule has 1 fully saturated rings. The normalized spacial score (nSPS) is 15.5. The Morgan fingerprint density at radius 2 is 1.84 bits per heavy atom. The van der Waals surface area contributed by atoms with Crippen molar-refractivity contribution in [2.24, 2.45) is 0 Å². The number of nitrogens with zero attached hydrogens (tertiary/aromatic N) is 1. The van der Waals surface area contributed by atoms with Gasteiger partial charge >= 0.3 is 0 Å². The SMILES string of the molecule is O=C(CCNCc1ccc(O)cc1)N1CCCCC1. The average Bonchev–Trinajstić information content (AvgIpc) is 2.46. The molecule has 0 radical (unpaired) electrons. The Hall–Kier alpha value is -1.55. The van der Waals surface area contributed by atoms with Crippen molar-refractivity contribution in [3.05, 3.63) is 29.8 Å². The molecule has 1 aromatic carbocycles. The summed E-state index contributed by atoms with van der Waals surface area (Å²) in [7, 11) is 0. The lowest BCUT2D eigenvalue weighted by Gasteiger charge is -2.26. The van der Waals surface area contributed by atoms with E-state index in [1.165, 1.54) is 6.42 Å². The van der Waals surface area contributed by atoms with Crippen molar-refractivity contribution < 1.29 is 9.90 Å². The maximum absolute atomic E-state index is 11.9. The molecule has 2 N–H and O–H groups in total. The second-order valence-electron chi connectivity index (χ2n) is 5.03. The van der Waals surface area contributed by atoms with E-state index >= 15 is 0 Å². The Kier molecular flexibility index (Phi) is 5.21. The zero-order valence-electron chi connectivity index (χ0n) is 11.3. The minimum atomic E-state index is 0.262. The molecule has 4 heteroatoms. The number of likely N-dealkylation sites (tertiary alicyclic amines) is 1. The van der Waals surface area contributed by atoms with Gasteiger partial charge in [-0.3, -0.25) is 4.79 Å². The van der Waals surface area contributed by atoms with E-state index in [1.54, 1.807) is 12.1 Å². The molecule has 0 atom stereocenters. The van der Waals surface area contributed by atoms with Crippen molar-refractivity contribution in [2.75, 3.05) is 19.6 Å². The summed E-state index contributed by atoms with van der Waals surface area (Å²) >= 11 is 0. The first-order chi connectivity index (χ1) is 9.25. The van der Waals surface area contributed by atoms with Gasteiger partial charge in [0, 0.05) is 32.6 Å². The van der Waals surface area contributed by atoms with E-state index in [-0.39, 0.29) is 11.7 Å². The van der Waals surface area contributed by atoms with Gasteiger partial charge in [-0.2, -0.15) is 0 Å². The number of hydrogen-bond acceptors (Lipinski definition) is 3. The fourth-order valence-corrected chi connectivity index (χ4v) is 2.34. The number of amides is 1. The highest BCUT2D eigenvalue weighted by molar-refractivity contribution is 5.76. The largest absolute Gasteiger partial charge is 0.508 e. The van der Waals surface area contributed by atoms with Gasteiger partial charge in [0.05, 0.1) is 0 Å². The maximum Gasteiger partial charge on any atom is 0.223 e. The van der Waals surface area contributed by atoms with Crippen LogP contribution in [0.2, 0.25) is 0 Å². The standard InChI is InChI=1S/C15H22N2O2/c18-14-6-4-13(5-7-14)12-16-9-8-15(19)17-10-2-1-3-11-17/h4-7,16,18H,1-3,8-12H2. The Labute approximate surface area is 114 Å². The topological polar surface area (TPSA) is 52.6 Å². The molecule has 0 aliphatic carbocycles. The average molecular weight is 262 g/mol. The predicted molar refractivity (Wildman–Crippen MR) is 74.9 cm³/mol. The van der Waals surface area contributed by atoms with Gasteiger partial charge in [0.15, 0.2) is 0 Å². The first-order valence-corrected chi connectivity index (χ1v) is 7.02. The molecule has 0 saturated carbocycles. The molecule has 1 aliphatic heterocycles. The van der Waals surface area contributed by atoms with Crippen LogP contribution in [0.3, 0.4) is 0 Å². The minimum Gasteiger partial charge on any atom is -0.508 e. The summed E-state index contributed by atoms with van der Waals surface area (Å²) in [6.45, 7) is 3.29. The lowest BCUT2D eigenvalue weighted by atomic mass is 10.1. The van der Waals surface area contributed by atoms with E-state index in [1.807, 2.05) is 17.0 Å². The maximum atomic E-state index is 11.9. The Morgan fingerprint density at radius 3 is 2.53 bits per heavy atom. The first-order valence-electron chi connectivity index (χ1n) is 7.02. The monoisotopic (exact) mass is 262 g/mol. The molecule has 19 heavy (non-hydrogen) atoms. The van der Waals surface area contributed by atoms with E-state index in [2.05, 4.69) is 5.32 Å². The molecular weight excluding hydrogens is 240 g/mol. The Bertz CT molecular complexity index is 397. The minimum absolute atomic E-state index is 0.262. The molecule has 0 unspecified atom stereocenters. The fraction of sp³-hybridized carbons (Fsp3) is 0.533. The number of phenolic OH excluding ortho intramolecular Hbond substituents is 1. The molecule has 1 heterocycles.